The molecule has 0 saturated carbocycles. The summed E-state index contributed by atoms with van der Waals surface area (Å²) in [5.41, 5.74) is 7.30. The summed E-state index contributed by atoms with van der Waals surface area (Å²) in [6.07, 6.45) is 1.55. The molecule has 0 spiro atoms. The number of nitrogen functional groups attached to an aromatic ring is 1. The van der Waals surface area contributed by atoms with Crippen LogP contribution in [-0.4, -0.2) is 25.0 Å². The summed E-state index contributed by atoms with van der Waals surface area (Å²) >= 11 is 11.7. The molecule has 0 bridgehead atoms. The molecule has 0 amide bonds. The van der Waals surface area contributed by atoms with Crippen LogP contribution >= 0.6 is 23.2 Å². The van der Waals surface area contributed by atoms with E-state index >= 15 is 0 Å². The zero-order chi connectivity index (χ0) is 12.1. The van der Waals surface area contributed by atoms with Gasteiger partial charge < -0.3 is 10.6 Å². The van der Waals surface area contributed by atoms with Crippen LogP contribution in [0, 0.1) is 0 Å². The van der Waals surface area contributed by atoms with Crippen LogP contribution in [0.2, 0.25) is 10.0 Å². The van der Waals surface area contributed by atoms with Gasteiger partial charge in [-0.1, -0.05) is 23.2 Å². The first-order chi connectivity index (χ1) is 7.54. The average molecular weight is 259 g/mol. The Kier molecular flexibility index (Phi) is 4.58. The SMILES string of the molecule is C=N/N=C\N(C)Cc1cc(Cl)c(Cl)cc1N. The zero-order valence-electron chi connectivity index (χ0n) is 8.82. The third-order valence-corrected chi connectivity index (χ3v) is 2.65. The summed E-state index contributed by atoms with van der Waals surface area (Å²) in [5, 5.41) is 7.96. The molecule has 0 unspecified atom stereocenters. The lowest BCUT2D eigenvalue weighted by molar-refractivity contribution is 0.515. The van der Waals surface area contributed by atoms with Crippen LogP contribution in [0.5, 0.6) is 0 Å². The van der Waals surface area contributed by atoms with Gasteiger partial charge in [-0.3, -0.25) is 0 Å². The molecule has 0 aromatic heterocycles. The molecule has 1 aromatic carbocycles. The highest BCUT2D eigenvalue weighted by Gasteiger charge is 2.06. The molecule has 0 atom stereocenters. The molecule has 0 fully saturated rings. The summed E-state index contributed by atoms with van der Waals surface area (Å²) in [6.45, 7) is 3.82. The van der Waals surface area contributed by atoms with Crippen LogP contribution < -0.4 is 5.73 Å². The van der Waals surface area contributed by atoms with Crippen molar-refractivity contribution in [3.63, 3.8) is 0 Å². The summed E-state index contributed by atoms with van der Waals surface area (Å²) in [5.74, 6) is 0. The van der Waals surface area contributed by atoms with Gasteiger partial charge in [-0.15, -0.1) is 5.10 Å². The third-order valence-electron chi connectivity index (χ3n) is 1.93. The highest BCUT2D eigenvalue weighted by Crippen LogP contribution is 2.27. The maximum absolute atomic E-state index is 5.91. The highest BCUT2D eigenvalue weighted by molar-refractivity contribution is 6.42. The van der Waals surface area contributed by atoms with E-state index in [0.717, 1.165) is 5.56 Å². The molecule has 2 N–H and O–H groups in total. The number of nitrogens with two attached hydrogens (primary N) is 1. The van der Waals surface area contributed by atoms with Gasteiger partial charge in [0.2, 0.25) is 0 Å². The lowest BCUT2D eigenvalue weighted by Crippen LogP contribution is -2.16. The Morgan fingerprint density at radius 2 is 2.06 bits per heavy atom. The summed E-state index contributed by atoms with van der Waals surface area (Å²) in [7, 11) is 1.84. The molecule has 86 valence electrons. The van der Waals surface area contributed by atoms with E-state index in [1.54, 1.807) is 18.5 Å². The molecule has 0 aliphatic rings. The van der Waals surface area contributed by atoms with Gasteiger partial charge >= 0.3 is 0 Å². The number of rotatable bonds is 4. The van der Waals surface area contributed by atoms with Crippen LogP contribution in [0.25, 0.3) is 0 Å². The lowest BCUT2D eigenvalue weighted by atomic mass is 10.2. The van der Waals surface area contributed by atoms with E-state index in [-0.39, 0.29) is 0 Å². The number of hydrogen-bond donors (Lipinski definition) is 1. The first kappa shape index (κ1) is 12.8. The van der Waals surface area contributed by atoms with Gasteiger partial charge in [0.05, 0.1) is 10.0 Å². The minimum atomic E-state index is 0.451. The van der Waals surface area contributed by atoms with E-state index < -0.39 is 0 Å². The van der Waals surface area contributed by atoms with Crippen molar-refractivity contribution in [3.05, 3.63) is 27.7 Å². The van der Waals surface area contributed by atoms with Crippen molar-refractivity contribution < 1.29 is 0 Å². The molecular formula is C10H12Cl2N4. The predicted octanol–water partition coefficient (Wildman–Crippen LogP) is 2.65. The zero-order valence-corrected chi connectivity index (χ0v) is 10.3. The molecule has 0 saturated heterocycles. The van der Waals surface area contributed by atoms with Crippen LogP contribution in [-0.2, 0) is 6.54 Å². The maximum Gasteiger partial charge on any atom is 0.114 e. The number of hydrogen-bond acceptors (Lipinski definition) is 3. The first-order valence-corrected chi connectivity index (χ1v) is 5.23. The number of halogens is 2. The van der Waals surface area contributed by atoms with Gasteiger partial charge in [-0.25, -0.2) is 0 Å². The lowest BCUT2D eigenvalue weighted by Gasteiger charge is -2.14. The van der Waals surface area contributed by atoms with Crippen molar-refractivity contribution in [1.82, 2.24) is 4.90 Å². The Bertz CT molecular complexity index is 418. The number of nitrogens with zero attached hydrogens (tertiary/aromatic N) is 3. The van der Waals surface area contributed by atoms with E-state index in [2.05, 4.69) is 16.9 Å². The van der Waals surface area contributed by atoms with Crippen molar-refractivity contribution in [2.24, 2.45) is 10.2 Å². The van der Waals surface area contributed by atoms with Gasteiger partial charge in [-0.05, 0) is 17.7 Å². The van der Waals surface area contributed by atoms with Crippen molar-refractivity contribution in [2.75, 3.05) is 12.8 Å². The van der Waals surface area contributed by atoms with Gasteiger partial charge in [0, 0.05) is 26.0 Å². The Morgan fingerprint density at radius 3 is 2.69 bits per heavy atom. The molecule has 0 aliphatic heterocycles. The summed E-state index contributed by atoms with van der Waals surface area (Å²) in [6, 6.07) is 3.38. The van der Waals surface area contributed by atoms with Gasteiger partial charge in [0.25, 0.3) is 0 Å². The Balaban J connectivity index is 2.85. The second kappa shape index (κ2) is 5.72. The molecule has 6 heteroatoms. The van der Waals surface area contributed by atoms with Crippen LogP contribution in [0.4, 0.5) is 5.69 Å². The van der Waals surface area contributed by atoms with E-state index in [0.29, 0.717) is 22.3 Å². The predicted molar refractivity (Wildman–Crippen MR) is 70.4 cm³/mol. The Hall–Kier alpha value is -1.26. The van der Waals surface area contributed by atoms with Crippen LogP contribution in [0.15, 0.2) is 22.3 Å². The van der Waals surface area contributed by atoms with E-state index in [1.165, 1.54) is 0 Å². The maximum atomic E-state index is 5.91. The first-order valence-electron chi connectivity index (χ1n) is 4.47. The van der Waals surface area contributed by atoms with Crippen LogP contribution in [0.3, 0.4) is 0 Å². The topological polar surface area (TPSA) is 54.0 Å². The van der Waals surface area contributed by atoms with Crippen molar-refractivity contribution in [1.29, 1.82) is 0 Å². The van der Waals surface area contributed by atoms with Gasteiger partial charge in [0.15, 0.2) is 0 Å². The molecule has 4 nitrogen and oxygen atoms in total. The smallest absolute Gasteiger partial charge is 0.114 e. The highest BCUT2D eigenvalue weighted by atomic mass is 35.5. The minimum Gasteiger partial charge on any atom is -0.398 e. The van der Waals surface area contributed by atoms with Gasteiger partial charge in [-0.2, -0.15) is 5.10 Å². The number of anilines is 1. The quantitative estimate of drug-likeness (QED) is 0.391. The standard InChI is InChI=1S/C10H12Cl2N4/c1-14-15-6-16(2)5-7-3-8(11)9(12)4-10(7)13/h3-4,6H,1,5,13H2,2H3/b15-6-. The van der Waals surface area contributed by atoms with E-state index in [9.17, 15) is 0 Å². The van der Waals surface area contributed by atoms with Crippen molar-refractivity contribution >= 4 is 41.9 Å². The normalized spacial score (nSPS) is 10.7. The third kappa shape index (κ3) is 3.40. The van der Waals surface area contributed by atoms with E-state index in [1.807, 2.05) is 11.9 Å². The molecule has 1 rings (SSSR count). The fourth-order valence-electron chi connectivity index (χ4n) is 1.17. The van der Waals surface area contributed by atoms with Crippen LogP contribution in [0.1, 0.15) is 5.56 Å². The largest absolute Gasteiger partial charge is 0.398 e. The second-order valence-electron chi connectivity index (χ2n) is 3.25. The Morgan fingerprint density at radius 1 is 1.44 bits per heavy atom. The Labute approximate surface area is 104 Å². The van der Waals surface area contributed by atoms with Crippen molar-refractivity contribution in [3.8, 4) is 0 Å². The van der Waals surface area contributed by atoms with E-state index in [4.69, 9.17) is 28.9 Å². The fourth-order valence-corrected chi connectivity index (χ4v) is 1.53. The van der Waals surface area contributed by atoms with Gasteiger partial charge in [0.1, 0.15) is 6.34 Å². The molecule has 1 aromatic rings. The summed E-state index contributed by atoms with van der Waals surface area (Å²) in [4.78, 5) is 1.81. The second-order valence-corrected chi connectivity index (χ2v) is 4.07. The fraction of sp³-hybridized carbons (Fsp3) is 0.200. The molecular weight excluding hydrogens is 247 g/mol. The average Bonchev–Trinajstić information content (AvgIpc) is 2.23. The molecule has 0 radical (unpaired) electrons. The molecule has 0 aliphatic carbocycles. The monoisotopic (exact) mass is 258 g/mol. The molecule has 0 heterocycles. The number of benzene rings is 1. The van der Waals surface area contributed by atoms with Crippen molar-refractivity contribution in [2.45, 2.75) is 6.54 Å². The molecule has 16 heavy (non-hydrogen) atoms. The summed E-state index contributed by atoms with van der Waals surface area (Å²) < 4.78 is 0. The minimum absolute atomic E-state index is 0.451.